The third kappa shape index (κ3) is 7.12. The van der Waals surface area contributed by atoms with Crippen molar-refractivity contribution in [2.75, 3.05) is 13.7 Å². The molecule has 12 heteroatoms. The van der Waals surface area contributed by atoms with E-state index in [-0.39, 0.29) is 11.4 Å². The van der Waals surface area contributed by atoms with Gasteiger partial charge in [0, 0.05) is 34.9 Å². The smallest absolute Gasteiger partial charge is 0.417 e. The lowest BCUT2D eigenvalue weighted by molar-refractivity contribution is -0.159. The van der Waals surface area contributed by atoms with E-state index >= 15 is 0 Å². The van der Waals surface area contributed by atoms with E-state index in [1.807, 2.05) is 45.0 Å². The zero-order valence-electron chi connectivity index (χ0n) is 26.6. The number of halogens is 4. The highest BCUT2D eigenvalue weighted by Crippen LogP contribution is 2.52. The van der Waals surface area contributed by atoms with Gasteiger partial charge >= 0.3 is 12.1 Å². The van der Waals surface area contributed by atoms with Crippen LogP contribution < -0.4 is 4.74 Å². The summed E-state index contributed by atoms with van der Waals surface area (Å²) in [4.78, 5) is 32.9. The molecule has 2 aromatic carbocycles. The molecule has 3 aromatic rings. The molecular weight excluding hydrogens is 637 g/mol. The van der Waals surface area contributed by atoms with Gasteiger partial charge in [-0.1, -0.05) is 74.8 Å². The minimum atomic E-state index is -4.66. The molecule has 1 aromatic heterocycles. The van der Waals surface area contributed by atoms with Crippen LogP contribution in [-0.2, 0) is 31.8 Å². The summed E-state index contributed by atoms with van der Waals surface area (Å²) >= 11 is 6.66. The van der Waals surface area contributed by atoms with Gasteiger partial charge in [0.15, 0.2) is 0 Å². The summed E-state index contributed by atoms with van der Waals surface area (Å²) in [6.07, 6.45) is -3.87. The van der Waals surface area contributed by atoms with Gasteiger partial charge in [-0.3, -0.25) is 4.79 Å². The average molecular weight is 675 g/mol. The Balaban J connectivity index is 1.71. The van der Waals surface area contributed by atoms with Crippen LogP contribution in [0.3, 0.4) is 0 Å². The van der Waals surface area contributed by atoms with Crippen LogP contribution in [0, 0.1) is 11.3 Å². The number of carboxylic acids is 1. The Morgan fingerprint density at radius 3 is 2.34 bits per heavy atom. The number of carboxylic acid groups (broad SMARTS) is 1. The molecule has 0 bridgehead atoms. The Morgan fingerprint density at radius 2 is 1.74 bits per heavy atom. The molecule has 5 atom stereocenters. The summed E-state index contributed by atoms with van der Waals surface area (Å²) in [5, 5.41) is 11.3. The van der Waals surface area contributed by atoms with Crippen LogP contribution in [-0.4, -0.2) is 58.8 Å². The highest BCUT2D eigenvalue weighted by Gasteiger charge is 2.60. The molecule has 5 rings (SSSR count). The number of rotatable bonds is 8. The van der Waals surface area contributed by atoms with Gasteiger partial charge in [0.1, 0.15) is 12.1 Å². The highest BCUT2D eigenvalue weighted by atomic mass is 35.5. The number of ether oxygens (including phenoxy) is 3. The van der Waals surface area contributed by atoms with E-state index in [9.17, 15) is 27.9 Å². The van der Waals surface area contributed by atoms with E-state index in [1.165, 1.54) is 12.0 Å². The molecule has 1 amide bonds. The third-order valence-corrected chi connectivity index (χ3v) is 9.22. The minimum absolute atomic E-state index is 0.0281. The number of nitrogens with zero attached hydrogens (tertiary/aromatic N) is 2. The van der Waals surface area contributed by atoms with Crippen molar-refractivity contribution in [3.05, 3.63) is 82.5 Å². The maximum absolute atomic E-state index is 14.5. The maximum Gasteiger partial charge on any atom is 0.417 e. The summed E-state index contributed by atoms with van der Waals surface area (Å²) in [5.74, 6) is -2.57. The predicted molar refractivity (Wildman–Crippen MR) is 169 cm³/mol. The fraction of sp³-hybridized carbons (Fsp3) is 0.457. The van der Waals surface area contributed by atoms with E-state index < -0.39 is 65.8 Å². The number of pyridine rings is 1. The lowest BCUT2D eigenvalue weighted by Crippen LogP contribution is -2.51. The first-order valence-corrected chi connectivity index (χ1v) is 15.8. The molecule has 47 heavy (non-hydrogen) atoms. The Morgan fingerprint density at radius 1 is 1.06 bits per heavy atom. The van der Waals surface area contributed by atoms with Gasteiger partial charge in [-0.2, -0.15) is 13.2 Å². The Labute approximate surface area is 276 Å². The number of carbonyl (C=O) groups excluding carboxylic acids is 1. The SMILES string of the molecule is COc1ncc(C(F)(F)F)cc1CO[C@H]1[C@H](C(C)(C)C)[C@@H](C(=O)O)N(C(=O)[C@@H]2CCCCO2)[C@H]1c1ccccc1-c1ccccc1Cl. The second-order valence-corrected chi connectivity index (χ2v) is 13.4. The summed E-state index contributed by atoms with van der Waals surface area (Å²) < 4.78 is 58.8. The number of methoxy groups -OCH3 is 1. The fourth-order valence-corrected chi connectivity index (χ4v) is 7.06. The quantitative estimate of drug-likeness (QED) is 0.263. The Kier molecular flexibility index (Phi) is 10.2. The van der Waals surface area contributed by atoms with Crippen molar-refractivity contribution in [3.63, 3.8) is 0 Å². The zero-order chi connectivity index (χ0) is 34.1. The lowest BCUT2D eigenvalue weighted by Gasteiger charge is -2.35. The second-order valence-electron chi connectivity index (χ2n) is 13.0. The number of hydrogen-bond acceptors (Lipinski definition) is 6. The third-order valence-electron chi connectivity index (χ3n) is 8.89. The van der Waals surface area contributed by atoms with Crippen molar-refractivity contribution < 1.29 is 42.1 Å². The van der Waals surface area contributed by atoms with Crippen LogP contribution in [0.1, 0.15) is 62.8 Å². The molecule has 0 saturated carbocycles. The molecule has 0 spiro atoms. The summed E-state index contributed by atoms with van der Waals surface area (Å²) in [6.45, 7) is 5.56. The first kappa shape index (κ1) is 34.7. The van der Waals surface area contributed by atoms with E-state index in [0.29, 0.717) is 40.9 Å². The summed E-state index contributed by atoms with van der Waals surface area (Å²) in [6, 6.07) is 13.0. The number of aliphatic carboxylic acids is 1. The zero-order valence-corrected chi connectivity index (χ0v) is 27.3. The van der Waals surface area contributed by atoms with Crippen LogP contribution in [0.15, 0.2) is 60.8 Å². The molecule has 0 radical (unpaired) electrons. The number of carbonyl (C=O) groups is 2. The average Bonchev–Trinajstić information content (AvgIpc) is 3.39. The number of benzene rings is 2. The summed E-state index contributed by atoms with van der Waals surface area (Å²) in [7, 11) is 1.29. The molecule has 0 unspecified atom stereocenters. The number of amides is 1. The Bertz CT molecular complexity index is 1600. The number of likely N-dealkylation sites (tertiary alicyclic amines) is 1. The number of aromatic nitrogens is 1. The molecule has 3 heterocycles. The van der Waals surface area contributed by atoms with E-state index in [1.54, 1.807) is 24.3 Å². The standard InChI is InChI=1S/C35H38ClF3N2O6/c1-34(2,3)27-29(33(43)44)41(32(42)26-15-9-10-16-46-26)28(24-13-6-5-11-22(24)23-12-7-8-14-25(23)36)30(27)47-19-20-17-21(35(37,38)39)18-40-31(20)45-4/h5-8,11-14,17-18,26-30H,9-10,15-16,19H2,1-4H3,(H,43,44)/t26-,27+,28-,29-,30-/m0/s1. The predicted octanol–water partition coefficient (Wildman–Crippen LogP) is 7.58. The van der Waals surface area contributed by atoms with Gasteiger partial charge in [-0.25, -0.2) is 9.78 Å². The second kappa shape index (κ2) is 13.8. The normalized spacial score (nSPS) is 23.5. The molecule has 2 saturated heterocycles. The lowest BCUT2D eigenvalue weighted by atomic mass is 9.73. The highest BCUT2D eigenvalue weighted by molar-refractivity contribution is 6.33. The molecule has 8 nitrogen and oxygen atoms in total. The van der Waals surface area contributed by atoms with Crippen LogP contribution in [0.25, 0.3) is 11.1 Å². The largest absolute Gasteiger partial charge is 0.481 e. The van der Waals surface area contributed by atoms with Gasteiger partial charge < -0.3 is 24.2 Å². The maximum atomic E-state index is 14.5. The van der Waals surface area contributed by atoms with Crippen LogP contribution in [0.5, 0.6) is 5.88 Å². The van der Waals surface area contributed by atoms with Gasteiger partial charge in [0.2, 0.25) is 5.88 Å². The van der Waals surface area contributed by atoms with Crippen molar-refractivity contribution in [1.82, 2.24) is 9.88 Å². The topological polar surface area (TPSA) is 98.2 Å². The molecular formula is C35H38ClF3N2O6. The van der Waals surface area contributed by atoms with Crippen molar-refractivity contribution in [2.45, 2.75) is 77.1 Å². The molecule has 2 aliphatic heterocycles. The first-order valence-electron chi connectivity index (χ1n) is 15.5. The molecule has 2 aliphatic rings. The van der Waals surface area contributed by atoms with Gasteiger partial charge in [0.25, 0.3) is 5.91 Å². The van der Waals surface area contributed by atoms with E-state index in [4.69, 9.17) is 25.8 Å². The number of alkyl halides is 3. The van der Waals surface area contributed by atoms with Crippen molar-refractivity contribution in [3.8, 4) is 17.0 Å². The first-order chi connectivity index (χ1) is 22.2. The van der Waals surface area contributed by atoms with Crippen molar-refractivity contribution in [1.29, 1.82) is 0 Å². The fourth-order valence-electron chi connectivity index (χ4n) is 6.82. The van der Waals surface area contributed by atoms with Crippen LogP contribution in [0.4, 0.5) is 13.2 Å². The summed E-state index contributed by atoms with van der Waals surface area (Å²) in [5.41, 5.74) is 0.216. The van der Waals surface area contributed by atoms with E-state index in [0.717, 1.165) is 18.9 Å². The monoisotopic (exact) mass is 674 g/mol. The number of hydrogen-bond donors (Lipinski definition) is 1. The van der Waals surface area contributed by atoms with Crippen molar-refractivity contribution >= 4 is 23.5 Å². The molecule has 252 valence electrons. The molecule has 2 fully saturated rings. The van der Waals surface area contributed by atoms with Crippen LogP contribution >= 0.6 is 11.6 Å². The minimum Gasteiger partial charge on any atom is -0.481 e. The van der Waals surface area contributed by atoms with Gasteiger partial charge in [-0.15, -0.1) is 0 Å². The van der Waals surface area contributed by atoms with Gasteiger partial charge in [-0.05, 0) is 47.9 Å². The van der Waals surface area contributed by atoms with Crippen LogP contribution in [0.2, 0.25) is 5.02 Å². The molecule has 1 N–H and O–H groups in total. The Hall–Kier alpha value is -3.67. The molecule has 0 aliphatic carbocycles. The van der Waals surface area contributed by atoms with Gasteiger partial charge in [0.05, 0.1) is 31.4 Å². The van der Waals surface area contributed by atoms with E-state index in [2.05, 4.69) is 4.98 Å². The van der Waals surface area contributed by atoms with Crippen molar-refractivity contribution in [2.24, 2.45) is 11.3 Å².